The first kappa shape index (κ1) is 30.2. The van der Waals surface area contributed by atoms with Crippen molar-refractivity contribution >= 4 is 35.0 Å². The Morgan fingerprint density at radius 3 is 2.18 bits per heavy atom. The summed E-state index contributed by atoms with van der Waals surface area (Å²) in [5.74, 6) is -1.36. The first-order valence-corrected chi connectivity index (χ1v) is 16.7. The lowest BCUT2D eigenvalue weighted by atomic mass is 10.2. The van der Waals surface area contributed by atoms with Gasteiger partial charge in [0.1, 0.15) is 22.4 Å². The van der Waals surface area contributed by atoms with Crippen molar-refractivity contribution < 1.29 is 27.5 Å². The molecule has 0 bridgehead atoms. The number of pyridine rings is 1. The monoisotopic (exact) mass is 567 g/mol. The molecule has 2 heterocycles. The van der Waals surface area contributed by atoms with Gasteiger partial charge in [0, 0.05) is 12.4 Å². The van der Waals surface area contributed by atoms with E-state index in [2.05, 4.69) is 51.7 Å². The molecule has 212 valence electrons. The Hall–Kier alpha value is -2.31. The molecular weight excluding hydrogens is 526 g/mol. The third-order valence-corrected chi connectivity index (χ3v) is 17.5. The number of sulfone groups is 1. The summed E-state index contributed by atoms with van der Waals surface area (Å²) in [6.07, 6.45) is 2.23. The molecule has 10 nitrogen and oxygen atoms in total. The van der Waals surface area contributed by atoms with Gasteiger partial charge >= 0.3 is 5.97 Å². The molecule has 0 spiro atoms. The largest absolute Gasteiger partial charge is 0.477 e. The van der Waals surface area contributed by atoms with Crippen molar-refractivity contribution in [2.75, 3.05) is 13.2 Å². The van der Waals surface area contributed by atoms with E-state index in [0.29, 0.717) is 34.9 Å². The third kappa shape index (κ3) is 4.90. The number of carbonyl (C=O) groups is 1. The van der Waals surface area contributed by atoms with Crippen LogP contribution in [0, 0.1) is 0 Å². The maximum absolute atomic E-state index is 14.0. The Morgan fingerprint density at radius 1 is 1.16 bits per heavy atom. The Kier molecular flexibility index (Phi) is 8.23. The van der Waals surface area contributed by atoms with Gasteiger partial charge in [0.25, 0.3) is 11.4 Å². The number of aromatic carboxylic acids is 1. The lowest BCUT2D eigenvalue weighted by Crippen LogP contribution is -2.53. The van der Waals surface area contributed by atoms with Gasteiger partial charge in [-0.1, -0.05) is 41.5 Å². The molecule has 2 aromatic heterocycles. The van der Waals surface area contributed by atoms with Gasteiger partial charge in [-0.15, -0.1) is 5.10 Å². The fraction of sp³-hybridized carbons (Fsp3) is 0.692. The summed E-state index contributed by atoms with van der Waals surface area (Å²) < 4.78 is 39.5. The average Bonchev–Trinajstić information content (AvgIpc) is 3.61. The van der Waals surface area contributed by atoms with Crippen LogP contribution in [0.2, 0.25) is 16.6 Å². The summed E-state index contributed by atoms with van der Waals surface area (Å²) in [6, 6.07) is 1.22. The zero-order valence-electron chi connectivity index (χ0n) is 23.9. The van der Waals surface area contributed by atoms with Crippen LogP contribution in [0.25, 0.3) is 10.9 Å². The standard InChI is InChI=1S/C26H41N3O7SSi/c1-16(2)38(17(3)4,18(5)6)36-14-25(7,8)37(33,34)26(10-11-26)15-35-22-21-19(13-27-28-22)12-20(24(31)32)23(30)29(21)9/h12-13,16-18H,10-11,14-15H2,1-9H3,(H,31,32). The number of ether oxygens (including phenoxy) is 1. The molecule has 0 aromatic carbocycles. The van der Waals surface area contributed by atoms with Crippen LogP contribution in [-0.4, -0.2) is 65.3 Å². The van der Waals surface area contributed by atoms with E-state index < -0.39 is 44.7 Å². The van der Waals surface area contributed by atoms with Crippen LogP contribution >= 0.6 is 0 Å². The zero-order valence-corrected chi connectivity index (χ0v) is 25.7. The van der Waals surface area contributed by atoms with Gasteiger partial charge in [-0.3, -0.25) is 4.79 Å². The van der Waals surface area contributed by atoms with Crippen molar-refractivity contribution in [3.05, 3.63) is 28.2 Å². The van der Waals surface area contributed by atoms with Gasteiger partial charge in [0.2, 0.25) is 0 Å². The molecule has 2 aromatic rings. The summed E-state index contributed by atoms with van der Waals surface area (Å²) >= 11 is 0. The minimum absolute atomic E-state index is 0.0135. The minimum atomic E-state index is -3.71. The molecule has 0 aliphatic heterocycles. The molecule has 0 amide bonds. The SMILES string of the molecule is CC(C)[Si](OCC(C)(C)S(=O)(=O)C1(COc2nncc3cc(C(=O)O)c(=O)n(C)c23)CC1)(C(C)C)C(C)C. The van der Waals surface area contributed by atoms with Gasteiger partial charge in [-0.25, -0.2) is 13.2 Å². The second-order valence-electron chi connectivity index (χ2n) is 12.0. The van der Waals surface area contributed by atoms with E-state index in [9.17, 15) is 23.1 Å². The van der Waals surface area contributed by atoms with Crippen LogP contribution in [0.1, 0.15) is 78.6 Å². The van der Waals surface area contributed by atoms with Crippen LogP contribution in [-0.2, 0) is 21.3 Å². The van der Waals surface area contributed by atoms with E-state index in [-0.39, 0.29) is 24.6 Å². The van der Waals surface area contributed by atoms with Gasteiger partial charge in [-0.2, -0.15) is 5.10 Å². The highest BCUT2D eigenvalue weighted by Crippen LogP contribution is 2.50. The summed E-state index contributed by atoms with van der Waals surface area (Å²) in [6.45, 7) is 16.4. The second kappa shape index (κ2) is 10.3. The predicted molar refractivity (Wildman–Crippen MR) is 149 cm³/mol. The average molecular weight is 568 g/mol. The number of hydrogen-bond acceptors (Lipinski definition) is 8. The molecule has 1 saturated carbocycles. The molecule has 1 aliphatic carbocycles. The molecule has 1 aliphatic rings. The van der Waals surface area contributed by atoms with Crippen molar-refractivity contribution in [3.8, 4) is 5.88 Å². The predicted octanol–water partition coefficient (Wildman–Crippen LogP) is 4.32. The summed E-state index contributed by atoms with van der Waals surface area (Å²) in [5.41, 5.74) is 0.133. The zero-order chi connectivity index (χ0) is 28.8. The van der Waals surface area contributed by atoms with E-state index in [1.807, 2.05) is 0 Å². The Labute approximate surface area is 225 Å². The maximum Gasteiger partial charge on any atom is 0.341 e. The first-order chi connectivity index (χ1) is 17.4. The summed E-state index contributed by atoms with van der Waals surface area (Å²) in [4.78, 5) is 24.0. The Bertz CT molecular complexity index is 1360. The Balaban J connectivity index is 1.89. The van der Waals surface area contributed by atoms with Crippen LogP contribution in [0.5, 0.6) is 5.88 Å². The lowest BCUT2D eigenvalue weighted by molar-refractivity contribution is 0.0694. The molecule has 0 saturated heterocycles. The quantitative estimate of drug-likeness (QED) is 0.372. The Morgan fingerprint density at radius 2 is 1.71 bits per heavy atom. The summed E-state index contributed by atoms with van der Waals surface area (Å²) in [7, 11) is -4.56. The lowest BCUT2D eigenvalue weighted by Gasteiger charge is -2.44. The number of rotatable bonds is 12. The van der Waals surface area contributed by atoms with Crippen LogP contribution in [0.15, 0.2) is 17.1 Å². The third-order valence-electron chi connectivity index (χ3n) is 8.18. The topological polar surface area (TPSA) is 138 Å². The van der Waals surface area contributed by atoms with Crippen molar-refractivity contribution in [2.45, 2.75) is 94.3 Å². The molecule has 0 unspecified atom stereocenters. The van der Waals surface area contributed by atoms with Gasteiger partial charge in [0.15, 0.2) is 18.2 Å². The van der Waals surface area contributed by atoms with Gasteiger partial charge in [-0.05, 0) is 49.4 Å². The van der Waals surface area contributed by atoms with Crippen LogP contribution < -0.4 is 10.3 Å². The maximum atomic E-state index is 14.0. The normalized spacial score (nSPS) is 16.0. The van der Waals surface area contributed by atoms with Crippen molar-refractivity contribution in [1.29, 1.82) is 0 Å². The number of aryl methyl sites for hydroxylation is 1. The van der Waals surface area contributed by atoms with Crippen LogP contribution in [0.4, 0.5) is 0 Å². The van der Waals surface area contributed by atoms with E-state index in [0.717, 1.165) is 4.57 Å². The molecule has 1 fully saturated rings. The smallest absolute Gasteiger partial charge is 0.341 e. The summed E-state index contributed by atoms with van der Waals surface area (Å²) in [5, 5.41) is 17.6. The molecule has 1 N–H and O–H groups in total. The van der Waals surface area contributed by atoms with E-state index in [1.54, 1.807) is 13.8 Å². The number of carboxylic acids is 1. The van der Waals surface area contributed by atoms with E-state index in [4.69, 9.17) is 9.16 Å². The number of nitrogens with zero attached hydrogens (tertiary/aromatic N) is 3. The van der Waals surface area contributed by atoms with Crippen molar-refractivity contribution in [3.63, 3.8) is 0 Å². The highest BCUT2D eigenvalue weighted by Gasteiger charge is 2.61. The molecular formula is C26H41N3O7SSi. The second-order valence-corrected chi connectivity index (χ2v) is 20.5. The number of carboxylic acid groups (broad SMARTS) is 1. The van der Waals surface area contributed by atoms with Crippen molar-refractivity contribution in [1.82, 2.24) is 14.8 Å². The highest BCUT2D eigenvalue weighted by molar-refractivity contribution is 7.94. The molecule has 0 radical (unpaired) electrons. The minimum Gasteiger partial charge on any atom is -0.477 e. The molecule has 12 heteroatoms. The molecule has 3 rings (SSSR count). The fourth-order valence-electron chi connectivity index (χ4n) is 5.86. The molecule has 38 heavy (non-hydrogen) atoms. The fourth-order valence-corrected chi connectivity index (χ4v) is 13.8. The number of aromatic nitrogens is 3. The molecule has 0 atom stereocenters. The number of fused-ring (bicyclic) bond motifs is 1. The van der Waals surface area contributed by atoms with E-state index in [1.165, 1.54) is 19.3 Å². The van der Waals surface area contributed by atoms with Gasteiger partial charge < -0.3 is 18.8 Å². The first-order valence-electron chi connectivity index (χ1n) is 13.0. The highest BCUT2D eigenvalue weighted by atomic mass is 32.2. The number of hydrogen-bond donors (Lipinski definition) is 1. The van der Waals surface area contributed by atoms with Crippen LogP contribution in [0.3, 0.4) is 0 Å². The van der Waals surface area contributed by atoms with E-state index >= 15 is 0 Å². The van der Waals surface area contributed by atoms with Crippen molar-refractivity contribution in [2.24, 2.45) is 7.05 Å². The van der Waals surface area contributed by atoms with Gasteiger partial charge in [0.05, 0.1) is 17.6 Å².